The summed E-state index contributed by atoms with van der Waals surface area (Å²) in [6.07, 6.45) is 1.49. The highest BCUT2D eigenvalue weighted by Gasteiger charge is 2.33. The number of anilines is 2. The third kappa shape index (κ3) is 4.41. The predicted octanol–water partition coefficient (Wildman–Crippen LogP) is 5.09. The minimum Gasteiger partial charge on any atom is -0.489 e. The lowest BCUT2D eigenvalue weighted by atomic mass is 9.94. The van der Waals surface area contributed by atoms with Crippen LogP contribution in [0.5, 0.6) is 5.75 Å². The number of amides is 1. The Morgan fingerprint density at radius 3 is 2.62 bits per heavy atom. The summed E-state index contributed by atoms with van der Waals surface area (Å²) in [6.45, 7) is 4.35. The van der Waals surface area contributed by atoms with Crippen molar-refractivity contribution >= 4 is 17.5 Å². The van der Waals surface area contributed by atoms with E-state index in [1.807, 2.05) is 92.7 Å². The van der Waals surface area contributed by atoms with E-state index in [1.54, 1.807) is 4.68 Å². The number of ether oxygens (including phenoxy) is 1. The van der Waals surface area contributed by atoms with Crippen molar-refractivity contribution in [2.75, 3.05) is 10.6 Å². The van der Waals surface area contributed by atoms with Gasteiger partial charge in [0.15, 0.2) is 0 Å². The van der Waals surface area contributed by atoms with Gasteiger partial charge in [0.05, 0.1) is 5.57 Å². The molecule has 0 saturated heterocycles. The van der Waals surface area contributed by atoms with Gasteiger partial charge in [0.2, 0.25) is 5.95 Å². The van der Waals surface area contributed by atoms with Crippen molar-refractivity contribution in [1.29, 1.82) is 0 Å². The molecule has 2 N–H and O–H groups in total. The summed E-state index contributed by atoms with van der Waals surface area (Å²) in [6, 6.07) is 25.1. The molecule has 0 fully saturated rings. The van der Waals surface area contributed by atoms with Crippen LogP contribution in [0.15, 0.2) is 96.5 Å². The number of carbonyl (C=O) groups is 1. The fourth-order valence-corrected chi connectivity index (χ4v) is 4.04. The van der Waals surface area contributed by atoms with E-state index in [0.29, 0.717) is 18.1 Å². The van der Waals surface area contributed by atoms with Crippen molar-refractivity contribution in [2.24, 2.45) is 0 Å². The summed E-state index contributed by atoms with van der Waals surface area (Å²) in [7, 11) is 0. The summed E-state index contributed by atoms with van der Waals surface area (Å²) in [5.41, 5.74) is 5.13. The zero-order chi connectivity index (χ0) is 23.5. The van der Waals surface area contributed by atoms with Crippen molar-refractivity contribution in [3.05, 3.63) is 113 Å². The van der Waals surface area contributed by atoms with E-state index in [-0.39, 0.29) is 5.91 Å². The molecule has 1 amide bonds. The van der Waals surface area contributed by atoms with Crippen molar-refractivity contribution in [3.8, 4) is 5.75 Å². The number of carbonyl (C=O) groups excluding carboxylic acids is 1. The Labute approximate surface area is 198 Å². The number of hydrogen-bond acceptors (Lipinski definition) is 5. The second-order valence-corrected chi connectivity index (χ2v) is 8.26. The van der Waals surface area contributed by atoms with Crippen LogP contribution < -0.4 is 15.4 Å². The van der Waals surface area contributed by atoms with Gasteiger partial charge < -0.3 is 15.4 Å². The Bertz CT molecular complexity index is 1340. The predicted molar refractivity (Wildman–Crippen MR) is 132 cm³/mol. The first-order chi connectivity index (χ1) is 16.6. The molecule has 3 aromatic carbocycles. The third-order valence-corrected chi connectivity index (χ3v) is 5.77. The highest BCUT2D eigenvalue weighted by atomic mass is 16.5. The average molecular weight is 452 g/mol. The molecular formula is C27H25N5O2. The molecule has 0 saturated carbocycles. The van der Waals surface area contributed by atoms with Gasteiger partial charge in [-0.15, -0.1) is 0 Å². The molecule has 34 heavy (non-hydrogen) atoms. The number of fused-ring (bicyclic) bond motifs is 1. The van der Waals surface area contributed by atoms with E-state index in [4.69, 9.17) is 4.74 Å². The van der Waals surface area contributed by atoms with E-state index >= 15 is 0 Å². The minimum atomic E-state index is -0.454. The second-order valence-electron chi connectivity index (χ2n) is 8.26. The van der Waals surface area contributed by atoms with Gasteiger partial charge in [0, 0.05) is 11.4 Å². The van der Waals surface area contributed by atoms with Gasteiger partial charge in [-0.3, -0.25) is 4.79 Å². The van der Waals surface area contributed by atoms with Crippen molar-refractivity contribution < 1.29 is 9.53 Å². The highest BCUT2D eigenvalue weighted by molar-refractivity contribution is 6.06. The topological polar surface area (TPSA) is 81.1 Å². The fraction of sp³-hybridized carbons (Fsp3) is 0.148. The van der Waals surface area contributed by atoms with E-state index in [0.717, 1.165) is 33.8 Å². The Balaban J connectivity index is 1.46. The Morgan fingerprint density at radius 1 is 1.03 bits per heavy atom. The summed E-state index contributed by atoms with van der Waals surface area (Å²) in [4.78, 5) is 17.8. The SMILES string of the molecule is CC1=C(C(=O)Nc2ccc(C)cc2)[C@@H](c2cccc(OCc3ccccc3)c2)n2ncnc2N1. The number of hydrogen-bond donors (Lipinski definition) is 2. The van der Waals surface area contributed by atoms with Gasteiger partial charge in [0.1, 0.15) is 24.7 Å². The van der Waals surface area contributed by atoms with Gasteiger partial charge in [0.25, 0.3) is 5.91 Å². The number of allylic oxidation sites excluding steroid dienone is 1. The summed E-state index contributed by atoms with van der Waals surface area (Å²) >= 11 is 0. The lowest BCUT2D eigenvalue weighted by Crippen LogP contribution is -2.31. The molecule has 2 heterocycles. The Kier molecular flexibility index (Phi) is 5.82. The van der Waals surface area contributed by atoms with E-state index in [1.165, 1.54) is 6.33 Å². The molecule has 0 spiro atoms. The molecule has 7 heteroatoms. The third-order valence-electron chi connectivity index (χ3n) is 5.77. The van der Waals surface area contributed by atoms with Crippen LogP contribution in [0.3, 0.4) is 0 Å². The number of aryl methyl sites for hydroxylation is 1. The van der Waals surface area contributed by atoms with Crippen LogP contribution in [-0.4, -0.2) is 20.7 Å². The zero-order valence-corrected chi connectivity index (χ0v) is 19.0. The minimum absolute atomic E-state index is 0.199. The van der Waals surface area contributed by atoms with Crippen LogP contribution in [0.25, 0.3) is 0 Å². The van der Waals surface area contributed by atoms with Crippen LogP contribution in [0.1, 0.15) is 29.7 Å². The monoisotopic (exact) mass is 451 g/mol. The first-order valence-electron chi connectivity index (χ1n) is 11.1. The standard InChI is InChI=1S/C27H25N5O2/c1-18-11-13-22(14-12-18)31-26(33)24-19(2)30-27-28-17-29-32(27)25(24)21-9-6-10-23(15-21)34-16-20-7-4-3-5-8-20/h3-15,17,25H,16H2,1-2H3,(H,31,33)(H,28,29,30)/t25-/m1/s1. The molecule has 0 radical (unpaired) electrons. The quantitative estimate of drug-likeness (QED) is 0.427. The van der Waals surface area contributed by atoms with Crippen LogP contribution in [0.2, 0.25) is 0 Å². The molecule has 1 atom stereocenters. The molecular weight excluding hydrogens is 426 g/mol. The number of nitrogens with one attached hydrogen (secondary N) is 2. The first kappa shape index (κ1) is 21.5. The fourth-order valence-electron chi connectivity index (χ4n) is 4.04. The van der Waals surface area contributed by atoms with Crippen molar-refractivity contribution in [1.82, 2.24) is 14.8 Å². The molecule has 170 valence electrons. The first-order valence-corrected chi connectivity index (χ1v) is 11.1. The van der Waals surface area contributed by atoms with Gasteiger partial charge >= 0.3 is 0 Å². The molecule has 7 nitrogen and oxygen atoms in total. The summed E-state index contributed by atoms with van der Waals surface area (Å²) in [5, 5.41) is 10.6. The molecule has 0 bridgehead atoms. The molecule has 1 aliphatic heterocycles. The maximum absolute atomic E-state index is 13.5. The van der Waals surface area contributed by atoms with Crippen LogP contribution >= 0.6 is 0 Å². The van der Waals surface area contributed by atoms with Crippen molar-refractivity contribution in [2.45, 2.75) is 26.5 Å². The highest BCUT2D eigenvalue weighted by Crippen LogP contribution is 2.36. The van der Waals surface area contributed by atoms with Crippen LogP contribution in [-0.2, 0) is 11.4 Å². The van der Waals surface area contributed by atoms with Gasteiger partial charge in [-0.2, -0.15) is 10.1 Å². The maximum atomic E-state index is 13.5. The van der Waals surface area contributed by atoms with Gasteiger partial charge in [-0.1, -0.05) is 60.2 Å². The number of rotatable bonds is 6. The Hall–Kier alpha value is -4.39. The molecule has 4 aromatic rings. The second kappa shape index (κ2) is 9.23. The number of aromatic nitrogens is 3. The van der Waals surface area contributed by atoms with E-state index in [9.17, 15) is 4.79 Å². The van der Waals surface area contributed by atoms with E-state index in [2.05, 4.69) is 20.7 Å². The molecule has 0 unspecified atom stereocenters. The molecule has 1 aromatic heterocycles. The van der Waals surface area contributed by atoms with Crippen molar-refractivity contribution in [3.63, 3.8) is 0 Å². The van der Waals surface area contributed by atoms with Crippen LogP contribution in [0, 0.1) is 6.92 Å². The molecule has 1 aliphatic rings. The van der Waals surface area contributed by atoms with Gasteiger partial charge in [-0.05, 0) is 49.2 Å². The number of benzene rings is 3. The van der Waals surface area contributed by atoms with Gasteiger partial charge in [-0.25, -0.2) is 4.68 Å². The van der Waals surface area contributed by atoms with Crippen LogP contribution in [0.4, 0.5) is 11.6 Å². The number of nitrogens with zero attached hydrogens (tertiary/aromatic N) is 3. The molecule has 5 rings (SSSR count). The van der Waals surface area contributed by atoms with E-state index < -0.39 is 6.04 Å². The zero-order valence-electron chi connectivity index (χ0n) is 19.0. The summed E-state index contributed by atoms with van der Waals surface area (Å²) < 4.78 is 7.77. The summed E-state index contributed by atoms with van der Waals surface area (Å²) in [5.74, 6) is 1.11. The molecule has 0 aliphatic carbocycles. The smallest absolute Gasteiger partial charge is 0.255 e. The lowest BCUT2D eigenvalue weighted by molar-refractivity contribution is -0.113. The maximum Gasteiger partial charge on any atom is 0.255 e. The Morgan fingerprint density at radius 2 is 1.82 bits per heavy atom. The normalized spacial score (nSPS) is 14.8. The average Bonchev–Trinajstić information content (AvgIpc) is 3.32. The largest absolute Gasteiger partial charge is 0.489 e. The lowest BCUT2D eigenvalue weighted by Gasteiger charge is -2.29.